The van der Waals surface area contributed by atoms with E-state index in [0.29, 0.717) is 6.54 Å². The Morgan fingerprint density at radius 1 is 1.19 bits per heavy atom. The number of halogens is 4. The van der Waals surface area contributed by atoms with Crippen molar-refractivity contribution < 1.29 is 17.9 Å². The molecule has 1 saturated heterocycles. The predicted octanol–water partition coefficient (Wildman–Crippen LogP) is 5.18. The number of alkyl halides is 3. The van der Waals surface area contributed by atoms with Gasteiger partial charge in [0.25, 0.3) is 0 Å². The smallest absolute Gasteiger partial charge is 0.368 e. The highest BCUT2D eigenvalue weighted by Gasteiger charge is 2.35. The van der Waals surface area contributed by atoms with E-state index in [-0.39, 0.29) is 23.2 Å². The fraction of sp³-hybridized carbons (Fsp3) is 0.444. The summed E-state index contributed by atoms with van der Waals surface area (Å²) < 4.78 is 44.4. The maximum atomic E-state index is 12.8. The Kier molecular flexibility index (Phi) is 5.67. The third-order valence-electron chi connectivity index (χ3n) is 4.26. The second-order valence-corrected chi connectivity index (χ2v) is 6.75. The predicted molar refractivity (Wildman–Crippen MR) is 93.2 cm³/mol. The van der Waals surface area contributed by atoms with Crippen LogP contribution in [0.1, 0.15) is 42.3 Å². The van der Waals surface area contributed by atoms with E-state index in [2.05, 4.69) is 27.4 Å². The van der Waals surface area contributed by atoms with Gasteiger partial charge in [0.2, 0.25) is 5.82 Å². The first-order valence-electron chi connectivity index (χ1n) is 8.39. The van der Waals surface area contributed by atoms with Crippen molar-refractivity contribution in [2.75, 3.05) is 11.9 Å². The van der Waals surface area contributed by atoms with Crippen molar-refractivity contribution in [1.82, 2.24) is 9.97 Å². The van der Waals surface area contributed by atoms with Crippen LogP contribution in [0.3, 0.4) is 0 Å². The van der Waals surface area contributed by atoms with Crippen molar-refractivity contribution in [1.29, 1.82) is 0 Å². The first kappa shape index (κ1) is 18.9. The monoisotopic (exact) mass is 385 g/mol. The van der Waals surface area contributed by atoms with E-state index in [9.17, 15) is 13.2 Å². The van der Waals surface area contributed by atoms with E-state index >= 15 is 0 Å². The Hall–Kier alpha value is -1.86. The van der Waals surface area contributed by atoms with E-state index < -0.39 is 12.0 Å². The van der Waals surface area contributed by atoms with Gasteiger partial charge in [-0.2, -0.15) is 13.2 Å². The van der Waals surface area contributed by atoms with Crippen molar-refractivity contribution in [3.63, 3.8) is 0 Å². The molecule has 0 bridgehead atoms. The lowest BCUT2D eigenvalue weighted by atomic mass is 9.97. The number of nitrogens with one attached hydrogen (secondary N) is 1. The number of nitrogens with zero attached hydrogens (tertiary/aromatic N) is 2. The Labute approximate surface area is 154 Å². The third kappa shape index (κ3) is 4.86. The summed E-state index contributed by atoms with van der Waals surface area (Å²) in [5.74, 6) is -1.21. The van der Waals surface area contributed by atoms with Crippen molar-refractivity contribution in [2.45, 2.75) is 44.6 Å². The van der Waals surface area contributed by atoms with Gasteiger partial charge in [0, 0.05) is 12.6 Å². The molecule has 8 heteroatoms. The number of hydrogen-bond acceptors (Lipinski definition) is 4. The lowest BCUT2D eigenvalue weighted by Crippen LogP contribution is -2.29. The van der Waals surface area contributed by atoms with Crippen LogP contribution in [-0.4, -0.2) is 22.6 Å². The van der Waals surface area contributed by atoms with Crippen LogP contribution in [0.25, 0.3) is 0 Å². The summed E-state index contributed by atoms with van der Waals surface area (Å²) in [6.07, 6.45) is -2.01. The van der Waals surface area contributed by atoms with Crippen LogP contribution < -0.4 is 5.32 Å². The molecule has 2 heterocycles. The molecule has 0 spiro atoms. The molecule has 1 fully saturated rings. The Balaban J connectivity index is 1.63. The maximum Gasteiger partial charge on any atom is 0.451 e. The minimum atomic E-state index is -4.64. The SMILES string of the molecule is Cc1ccc(C2CCCC(CNc3cc(Cl)nc(C(F)(F)F)n3)O2)cc1. The topological polar surface area (TPSA) is 47.0 Å². The minimum absolute atomic E-state index is 0.00382. The lowest BCUT2D eigenvalue weighted by Gasteiger charge is -2.30. The molecule has 0 amide bonds. The van der Waals surface area contributed by atoms with E-state index in [1.807, 2.05) is 19.1 Å². The van der Waals surface area contributed by atoms with Crippen LogP contribution in [0.2, 0.25) is 5.15 Å². The summed E-state index contributed by atoms with van der Waals surface area (Å²) in [6, 6.07) is 9.46. The number of ether oxygens (including phenoxy) is 1. The Morgan fingerprint density at radius 2 is 1.92 bits per heavy atom. The molecule has 1 aliphatic rings. The van der Waals surface area contributed by atoms with E-state index in [4.69, 9.17) is 16.3 Å². The van der Waals surface area contributed by atoms with E-state index in [1.54, 1.807) is 0 Å². The molecule has 1 aliphatic heterocycles. The summed E-state index contributed by atoms with van der Waals surface area (Å²) in [5.41, 5.74) is 2.30. The van der Waals surface area contributed by atoms with Crippen molar-refractivity contribution in [2.24, 2.45) is 0 Å². The molecule has 2 aromatic rings. The van der Waals surface area contributed by atoms with Gasteiger partial charge in [-0.1, -0.05) is 41.4 Å². The standard InChI is InChI=1S/C18H19ClF3N3O/c1-11-5-7-12(8-6-11)14-4-2-3-13(26-14)10-23-16-9-15(19)24-17(25-16)18(20,21)22/h5-9,13-14H,2-4,10H2,1H3,(H,23,24,25). The fourth-order valence-electron chi connectivity index (χ4n) is 2.93. The number of benzene rings is 1. The van der Waals surface area contributed by atoms with E-state index in [0.717, 1.165) is 24.8 Å². The molecule has 3 rings (SSSR count). The highest BCUT2D eigenvalue weighted by molar-refractivity contribution is 6.29. The molecule has 1 aromatic heterocycles. The second-order valence-electron chi connectivity index (χ2n) is 6.37. The van der Waals surface area contributed by atoms with Gasteiger partial charge in [-0.05, 0) is 31.7 Å². The van der Waals surface area contributed by atoms with Crippen LogP contribution in [0.4, 0.5) is 19.0 Å². The van der Waals surface area contributed by atoms with Gasteiger partial charge in [0.1, 0.15) is 11.0 Å². The number of rotatable bonds is 4. The Morgan fingerprint density at radius 3 is 2.62 bits per heavy atom. The van der Waals surface area contributed by atoms with Gasteiger partial charge < -0.3 is 10.1 Å². The normalized spacial score (nSPS) is 20.8. The van der Waals surface area contributed by atoms with Crippen molar-refractivity contribution >= 4 is 17.4 Å². The fourth-order valence-corrected chi connectivity index (χ4v) is 3.11. The molecular weight excluding hydrogens is 367 g/mol. The lowest BCUT2D eigenvalue weighted by molar-refractivity contribution is -0.144. The van der Waals surface area contributed by atoms with Crippen molar-refractivity contribution in [3.05, 3.63) is 52.4 Å². The zero-order valence-electron chi connectivity index (χ0n) is 14.2. The van der Waals surface area contributed by atoms with Gasteiger partial charge in [0.15, 0.2) is 0 Å². The van der Waals surface area contributed by atoms with Crippen molar-refractivity contribution in [3.8, 4) is 0 Å². The molecule has 0 radical (unpaired) electrons. The minimum Gasteiger partial charge on any atom is -0.368 e. The third-order valence-corrected chi connectivity index (χ3v) is 4.45. The van der Waals surface area contributed by atoms with Gasteiger partial charge in [0.05, 0.1) is 12.2 Å². The van der Waals surface area contributed by atoms with Crippen LogP contribution in [-0.2, 0) is 10.9 Å². The van der Waals surface area contributed by atoms with Gasteiger partial charge in [-0.3, -0.25) is 0 Å². The summed E-state index contributed by atoms with van der Waals surface area (Å²) in [7, 11) is 0. The Bertz CT molecular complexity index is 752. The first-order chi connectivity index (χ1) is 12.3. The van der Waals surface area contributed by atoms with Crippen LogP contribution in [0.5, 0.6) is 0 Å². The van der Waals surface area contributed by atoms with Gasteiger partial charge in [-0.15, -0.1) is 0 Å². The maximum absolute atomic E-state index is 12.8. The molecule has 2 atom stereocenters. The molecule has 0 aliphatic carbocycles. The second kappa shape index (κ2) is 7.80. The summed E-state index contributed by atoms with van der Waals surface area (Å²) in [5, 5.41) is 2.64. The summed E-state index contributed by atoms with van der Waals surface area (Å²) in [4.78, 5) is 6.71. The number of anilines is 1. The highest BCUT2D eigenvalue weighted by atomic mass is 35.5. The largest absolute Gasteiger partial charge is 0.451 e. The molecular formula is C18H19ClF3N3O. The molecule has 4 nitrogen and oxygen atoms in total. The molecule has 2 unspecified atom stereocenters. The number of aromatic nitrogens is 2. The zero-order valence-corrected chi connectivity index (χ0v) is 14.9. The van der Waals surface area contributed by atoms with Crippen LogP contribution >= 0.6 is 11.6 Å². The zero-order chi connectivity index (χ0) is 18.7. The molecule has 1 N–H and O–H groups in total. The van der Waals surface area contributed by atoms with Crippen LogP contribution in [0, 0.1) is 6.92 Å². The molecule has 0 saturated carbocycles. The quantitative estimate of drug-likeness (QED) is 0.737. The highest BCUT2D eigenvalue weighted by Crippen LogP contribution is 2.32. The summed E-state index contributed by atoms with van der Waals surface area (Å²) >= 11 is 5.67. The summed E-state index contributed by atoms with van der Waals surface area (Å²) in [6.45, 7) is 2.38. The van der Waals surface area contributed by atoms with Gasteiger partial charge >= 0.3 is 6.18 Å². The average Bonchev–Trinajstić information content (AvgIpc) is 2.60. The molecule has 26 heavy (non-hydrogen) atoms. The van der Waals surface area contributed by atoms with Crippen LogP contribution in [0.15, 0.2) is 30.3 Å². The van der Waals surface area contributed by atoms with E-state index in [1.165, 1.54) is 11.6 Å². The first-order valence-corrected chi connectivity index (χ1v) is 8.77. The number of aryl methyl sites for hydroxylation is 1. The number of hydrogen-bond donors (Lipinski definition) is 1. The average molecular weight is 386 g/mol. The van der Waals surface area contributed by atoms with Gasteiger partial charge in [-0.25, -0.2) is 9.97 Å². The molecule has 1 aromatic carbocycles. The molecule has 140 valence electrons.